The van der Waals surface area contributed by atoms with Crippen LogP contribution in [0.25, 0.3) is 0 Å². The standard InChI is InChI=1S/C15H12INO4S/c16-12-10-6-17(7-11(10)22-13(12)14(18)19)15(20)21-8-9-4-2-1-3-5-9/h1-5H,6-8H2,(H,18,19). The molecule has 0 radical (unpaired) electrons. The lowest BCUT2D eigenvalue weighted by molar-refractivity contribution is 0.0701. The van der Waals surface area contributed by atoms with Crippen molar-refractivity contribution in [3.8, 4) is 0 Å². The summed E-state index contributed by atoms with van der Waals surface area (Å²) in [6.45, 7) is 1.06. The van der Waals surface area contributed by atoms with Gasteiger partial charge >= 0.3 is 12.1 Å². The number of hydrogen-bond acceptors (Lipinski definition) is 4. The molecule has 0 bridgehead atoms. The third-order valence-corrected chi connectivity index (χ3v) is 6.13. The summed E-state index contributed by atoms with van der Waals surface area (Å²) in [5.74, 6) is -0.915. The van der Waals surface area contributed by atoms with Gasteiger partial charge in [0.25, 0.3) is 0 Å². The number of amides is 1. The number of carboxylic acid groups (broad SMARTS) is 1. The van der Waals surface area contributed by atoms with Crippen LogP contribution in [0.1, 0.15) is 25.7 Å². The van der Waals surface area contributed by atoms with Gasteiger partial charge in [-0.15, -0.1) is 11.3 Å². The van der Waals surface area contributed by atoms with E-state index < -0.39 is 5.97 Å². The minimum atomic E-state index is -0.915. The van der Waals surface area contributed by atoms with Gasteiger partial charge < -0.3 is 9.84 Å². The Kier molecular flexibility index (Phi) is 4.34. The van der Waals surface area contributed by atoms with Crippen molar-refractivity contribution >= 4 is 46.0 Å². The van der Waals surface area contributed by atoms with E-state index in [1.54, 1.807) is 4.90 Å². The van der Waals surface area contributed by atoms with Crippen molar-refractivity contribution in [2.24, 2.45) is 0 Å². The molecule has 0 aliphatic carbocycles. The SMILES string of the molecule is O=C(O)c1sc2c(c1I)CN(C(=O)OCc1ccccc1)C2. The van der Waals surface area contributed by atoms with Crippen molar-refractivity contribution < 1.29 is 19.4 Å². The van der Waals surface area contributed by atoms with E-state index in [1.165, 1.54) is 11.3 Å². The summed E-state index contributed by atoms with van der Waals surface area (Å²) in [5, 5.41) is 9.11. The van der Waals surface area contributed by atoms with E-state index in [1.807, 2.05) is 52.9 Å². The summed E-state index contributed by atoms with van der Waals surface area (Å²) in [6.07, 6.45) is -0.375. The molecule has 22 heavy (non-hydrogen) atoms. The number of carboxylic acids is 1. The second-order valence-corrected chi connectivity index (χ2v) is 7.03. The van der Waals surface area contributed by atoms with Crippen LogP contribution in [0.5, 0.6) is 0 Å². The van der Waals surface area contributed by atoms with Crippen LogP contribution in [0.2, 0.25) is 0 Å². The van der Waals surface area contributed by atoms with Crippen LogP contribution in [0.3, 0.4) is 0 Å². The van der Waals surface area contributed by atoms with Crippen LogP contribution in [0.15, 0.2) is 30.3 Å². The molecule has 1 aliphatic rings. The van der Waals surface area contributed by atoms with Gasteiger partial charge in [0.05, 0.1) is 13.1 Å². The molecule has 1 amide bonds. The molecule has 0 unspecified atom stereocenters. The fourth-order valence-corrected chi connectivity index (χ4v) is 4.57. The van der Waals surface area contributed by atoms with Gasteiger partial charge in [-0.1, -0.05) is 30.3 Å². The van der Waals surface area contributed by atoms with Crippen LogP contribution in [0, 0.1) is 3.57 Å². The lowest BCUT2D eigenvalue weighted by Crippen LogP contribution is -2.26. The first-order chi connectivity index (χ1) is 10.6. The van der Waals surface area contributed by atoms with Gasteiger partial charge in [0.2, 0.25) is 0 Å². The van der Waals surface area contributed by atoms with Crippen molar-refractivity contribution in [1.82, 2.24) is 4.90 Å². The maximum Gasteiger partial charge on any atom is 0.410 e. The molecule has 0 saturated heterocycles. The Hall–Kier alpha value is -1.61. The van der Waals surface area contributed by atoms with Gasteiger partial charge in [0, 0.05) is 14.0 Å². The third kappa shape index (κ3) is 2.95. The lowest BCUT2D eigenvalue weighted by atomic mass is 10.2. The predicted molar refractivity (Wildman–Crippen MR) is 89.9 cm³/mol. The molecule has 3 rings (SSSR count). The highest BCUT2D eigenvalue weighted by molar-refractivity contribution is 14.1. The average Bonchev–Trinajstić information content (AvgIpc) is 3.06. The number of nitrogens with zero attached hydrogens (tertiary/aromatic N) is 1. The largest absolute Gasteiger partial charge is 0.477 e. The third-order valence-electron chi connectivity index (χ3n) is 3.37. The molecular formula is C15H12INO4S. The zero-order valence-electron chi connectivity index (χ0n) is 11.4. The Balaban J connectivity index is 1.63. The molecule has 0 saturated carbocycles. The van der Waals surface area contributed by atoms with Gasteiger partial charge in [-0.2, -0.15) is 0 Å². The van der Waals surface area contributed by atoms with Gasteiger partial charge in [0.15, 0.2) is 0 Å². The Morgan fingerprint density at radius 3 is 2.64 bits per heavy atom. The minimum absolute atomic E-state index is 0.237. The van der Waals surface area contributed by atoms with Gasteiger partial charge in [-0.25, -0.2) is 9.59 Å². The van der Waals surface area contributed by atoms with Crippen LogP contribution >= 0.6 is 33.9 Å². The van der Waals surface area contributed by atoms with Gasteiger partial charge in [0.1, 0.15) is 11.5 Å². The van der Waals surface area contributed by atoms with E-state index in [0.717, 1.165) is 19.6 Å². The van der Waals surface area contributed by atoms with E-state index in [2.05, 4.69) is 0 Å². The molecule has 5 nitrogen and oxygen atoms in total. The summed E-state index contributed by atoms with van der Waals surface area (Å²) in [7, 11) is 0. The Morgan fingerprint density at radius 2 is 2.00 bits per heavy atom. The number of fused-ring (bicyclic) bond motifs is 1. The quantitative estimate of drug-likeness (QED) is 0.756. The van der Waals surface area contributed by atoms with E-state index in [-0.39, 0.29) is 12.7 Å². The summed E-state index contributed by atoms with van der Waals surface area (Å²) >= 11 is 3.27. The smallest absolute Gasteiger partial charge is 0.410 e. The topological polar surface area (TPSA) is 66.8 Å². The Bertz CT molecular complexity index is 729. The molecule has 114 valence electrons. The first-order valence-electron chi connectivity index (χ1n) is 6.55. The van der Waals surface area contributed by atoms with Crippen LogP contribution in [-0.4, -0.2) is 22.1 Å². The number of thiophene rings is 1. The molecule has 0 fully saturated rings. The van der Waals surface area contributed by atoms with E-state index in [4.69, 9.17) is 9.84 Å². The van der Waals surface area contributed by atoms with Crippen LogP contribution in [-0.2, 0) is 24.4 Å². The van der Waals surface area contributed by atoms with Crippen molar-refractivity contribution in [1.29, 1.82) is 0 Å². The molecule has 0 atom stereocenters. The Morgan fingerprint density at radius 1 is 1.27 bits per heavy atom. The predicted octanol–water partition coefficient (Wildman–Crippen LogP) is 3.70. The van der Waals surface area contributed by atoms with Crippen molar-refractivity contribution in [3.63, 3.8) is 0 Å². The normalized spacial score (nSPS) is 13.0. The van der Waals surface area contributed by atoms with Crippen molar-refractivity contribution in [2.75, 3.05) is 0 Å². The highest BCUT2D eigenvalue weighted by Gasteiger charge is 2.31. The second kappa shape index (κ2) is 6.25. The number of ether oxygens (including phenoxy) is 1. The number of carbonyl (C=O) groups excluding carboxylic acids is 1. The van der Waals surface area contributed by atoms with Gasteiger partial charge in [-0.3, -0.25) is 4.90 Å². The summed E-state index contributed by atoms with van der Waals surface area (Å²) < 4.78 is 6.03. The molecule has 2 aromatic rings. The molecular weight excluding hydrogens is 417 g/mol. The highest BCUT2D eigenvalue weighted by Crippen LogP contribution is 2.36. The molecule has 1 aromatic carbocycles. The van der Waals surface area contributed by atoms with Crippen molar-refractivity contribution in [3.05, 3.63) is 54.8 Å². The molecule has 1 aromatic heterocycles. The minimum Gasteiger partial charge on any atom is -0.477 e. The van der Waals surface area contributed by atoms with Crippen LogP contribution < -0.4 is 0 Å². The van der Waals surface area contributed by atoms with E-state index >= 15 is 0 Å². The number of halogens is 1. The molecule has 2 heterocycles. The zero-order chi connectivity index (χ0) is 15.7. The van der Waals surface area contributed by atoms with E-state index in [9.17, 15) is 9.59 Å². The summed E-state index contributed by atoms with van der Waals surface area (Å²) in [4.78, 5) is 26.1. The maximum atomic E-state index is 12.1. The van der Waals surface area contributed by atoms with E-state index in [0.29, 0.717) is 18.0 Å². The first kappa shape index (κ1) is 15.3. The van der Waals surface area contributed by atoms with Crippen LogP contribution in [0.4, 0.5) is 4.79 Å². The monoisotopic (exact) mass is 429 g/mol. The summed E-state index contributed by atoms with van der Waals surface area (Å²) in [5.41, 5.74) is 1.87. The Labute approximate surface area is 144 Å². The maximum absolute atomic E-state index is 12.1. The van der Waals surface area contributed by atoms with Crippen molar-refractivity contribution in [2.45, 2.75) is 19.7 Å². The summed E-state index contributed by atoms with van der Waals surface area (Å²) in [6, 6.07) is 9.50. The second-order valence-electron chi connectivity index (χ2n) is 4.85. The molecule has 0 spiro atoms. The number of rotatable bonds is 3. The lowest BCUT2D eigenvalue weighted by Gasteiger charge is -2.15. The zero-order valence-corrected chi connectivity index (χ0v) is 14.4. The number of carbonyl (C=O) groups is 2. The average molecular weight is 429 g/mol. The molecule has 7 heteroatoms. The molecule has 1 aliphatic heterocycles. The fraction of sp³-hybridized carbons (Fsp3) is 0.200. The van der Waals surface area contributed by atoms with Gasteiger partial charge in [-0.05, 0) is 28.2 Å². The number of hydrogen-bond donors (Lipinski definition) is 1. The number of aromatic carboxylic acids is 1. The first-order valence-corrected chi connectivity index (χ1v) is 8.44. The number of benzene rings is 1. The molecule has 1 N–H and O–H groups in total. The highest BCUT2D eigenvalue weighted by atomic mass is 127. The fourth-order valence-electron chi connectivity index (χ4n) is 2.27.